The van der Waals surface area contributed by atoms with Crippen molar-refractivity contribution in [3.8, 4) is 11.5 Å². The molecule has 3 aliphatic heterocycles. The van der Waals surface area contributed by atoms with Gasteiger partial charge in [-0.3, -0.25) is 0 Å². The topological polar surface area (TPSA) is 39.7 Å². The Bertz CT molecular complexity index is 586. The van der Waals surface area contributed by atoms with Crippen LogP contribution in [0.15, 0.2) is 18.2 Å². The van der Waals surface area contributed by atoms with Crippen LogP contribution in [0.5, 0.6) is 11.5 Å². The summed E-state index contributed by atoms with van der Waals surface area (Å²) >= 11 is 0. The molecule has 4 atom stereocenters. The minimum atomic E-state index is -0.243. The van der Waals surface area contributed by atoms with Crippen molar-refractivity contribution in [3.05, 3.63) is 23.8 Å². The number of para-hydroxylation sites is 1. The van der Waals surface area contributed by atoms with E-state index < -0.39 is 0 Å². The number of fused-ring (bicyclic) bond motifs is 4. The second kappa shape index (κ2) is 5.67. The van der Waals surface area contributed by atoms with Gasteiger partial charge in [-0.1, -0.05) is 12.1 Å². The summed E-state index contributed by atoms with van der Waals surface area (Å²) in [5.41, 5.74) is 0.921. The summed E-state index contributed by atoms with van der Waals surface area (Å²) in [6.07, 6.45) is 2.76. The van der Waals surface area contributed by atoms with E-state index in [0.717, 1.165) is 43.0 Å². The molecule has 0 amide bonds. The van der Waals surface area contributed by atoms with E-state index in [1.165, 1.54) is 0 Å². The SMILES string of the molecule is CCOc1cccc2c1OC(C)(C)[C@H]1C[C@H]3CNCC[C@@H]3O[C@H]21. The highest BCUT2D eigenvalue weighted by Gasteiger charge is 2.51. The first-order valence-electron chi connectivity index (χ1n) is 8.91. The molecular formula is C19H27NO3. The second-order valence-electron chi connectivity index (χ2n) is 7.50. The molecule has 0 radical (unpaired) electrons. The Labute approximate surface area is 138 Å². The zero-order chi connectivity index (χ0) is 16.0. The summed E-state index contributed by atoms with van der Waals surface area (Å²) in [4.78, 5) is 0. The van der Waals surface area contributed by atoms with Crippen LogP contribution >= 0.6 is 0 Å². The molecule has 3 aliphatic rings. The predicted molar refractivity (Wildman–Crippen MR) is 89.0 cm³/mol. The Balaban J connectivity index is 1.73. The normalized spacial score (nSPS) is 34.6. The van der Waals surface area contributed by atoms with Crippen molar-refractivity contribution in [3.63, 3.8) is 0 Å². The van der Waals surface area contributed by atoms with Gasteiger partial charge in [-0.25, -0.2) is 0 Å². The summed E-state index contributed by atoms with van der Waals surface area (Å²) in [5.74, 6) is 2.71. The quantitative estimate of drug-likeness (QED) is 0.908. The monoisotopic (exact) mass is 317 g/mol. The molecule has 0 unspecified atom stereocenters. The Kier molecular flexibility index (Phi) is 3.77. The number of benzene rings is 1. The predicted octanol–water partition coefficient (Wildman–Crippen LogP) is 3.31. The molecule has 4 heteroatoms. The zero-order valence-electron chi connectivity index (χ0n) is 14.3. The fraction of sp³-hybridized carbons (Fsp3) is 0.684. The van der Waals surface area contributed by atoms with Crippen LogP contribution in [0.3, 0.4) is 0 Å². The van der Waals surface area contributed by atoms with Crippen LogP contribution in [-0.2, 0) is 4.74 Å². The van der Waals surface area contributed by atoms with Gasteiger partial charge in [0, 0.05) is 18.0 Å². The number of ether oxygens (including phenoxy) is 3. The van der Waals surface area contributed by atoms with Crippen molar-refractivity contribution in [1.29, 1.82) is 0 Å². The molecule has 1 aromatic rings. The van der Waals surface area contributed by atoms with Crippen molar-refractivity contribution < 1.29 is 14.2 Å². The molecule has 1 aromatic carbocycles. The summed E-state index contributed by atoms with van der Waals surface area (Å²) in [5, 5.41) is 3.51. The molecule has 4 rings (SSSR count). The van der Waals surface area contributed by atoms with Gasteiger partial charge in [0.25, 0.3) is 0 Å². The van der Waals surface area contributed by atoms with E-state index in [-0.39, 0.29) is 11.7 Å². The van der Waals surface area contributed by atoms with E-state index in [9.17, 15) is 0 Å². The molecule has 4 nitrogen and oxygen atoms in total. The lowest BCUT2D eigenvalue weighted by atomic mass is 9.71. The van der Waals surface area contributed by atoms with Crippen molar-refractivity contribution in [2.75, 3.05) is 19.7 Å². The van der Waals surface area contributed by atoms with Crippen LogP contribution in [0.1, 0.15) is 45.3 Å². The number of nitrogens with one attached hydrogen (secondary N) is 1. The molecule has 2 fully saturated rings. The van der Waals surface area contributed by atoms with E-state index >= 15 is 0 Å². The summed E-state index contributed by atoms with van der Waals surface area (Å²) < 4.78 is 18.8. The maximum atomic E-state index is 6.61. The van der Waals surface area contributed by atoms with Crippen molar-refractivity contribution in [1.82, 2.24) is 5.32 Å². The van der Waals surface area contributed by atoms with Crippen molar-refractivity contribution >= 4 is 0 Å². The molecule has 0 bridgehead atoms. The van der Waals surface area contributed by atoms with Crippen LogP contribution in [0.2, 0.25) is 0 Å². The van der Waals surface area contributed by atoms with Crippen molar-refractivity contribution in [2.45, 2.75) is 51.4 Å². The molecule has 23 heavy (non-hydrogen) atoms. The van der Waals surface area contributed by atoms with Crippen LogP contribution in [-0.4, -0.2) is 31.4 Å². The summed E-state index contributed by atoms with van der Waals surface area (Å²) in [6, 6.07) is 6.20. The lowest BCUT2D eigenvalue weighted by Gasteiger charge is -2.52. The van der Waals surface area contributed by atoms with E-state index in [4.69, 9.17) is 14.2 Å². The van der Waals surface area contributed by atoms with E-state index in [0.29, 0.717) is 24.5 Å². The first kappa shape index (κ1) is 15.3. The van der Waals surface area contributed by atoms with Gasteiger partial charge in [-0.05, 0) is 52.1 Å². The summed E-state index contributed by atoms with van der Waals surface area (Å²) in [6.45, 7) is 9.16. The summed E-state index contributed by atoms with van der Waals surface area (Å²) in [7, 11) is 0. The molecule has 0 spiro atoms. The van der Waals surface area contributed by atoms with Crippen molar-refractivity contribution in [2.24, 2.45) is 11.8 Å². The molecule has 1 N–H and O–H groups in total. The maximum Gasteiger partial charge on any atom is 0.167 e. The number of rotatable bonds is 2. The van der Waals surface area contributed by atoms with Gasteiger partial charge in [0.1, 0.15) is 5.60 Å². The Hall–Kier alpha value is -1.26. The smallest absolute Gasteiger partial charge is 0.167 e. The third-order valence-electron chi connectivity index (χ3n) is 5.66. The average molecular weight is 317 g/mol. The molecule has 0 saturated carbocycles. The van der Waals surface area contributed by atoms with E-state index in [1.54, 1.807) is 0 Å². The standard InChI is InChI=1S/C19H27NO3/c1-4-21-16-7-5-6-13-17-14(19(2,3)23-18(13)16)10-12-11-20-9-8-15(12)22-17/h5-7,12,14-15,17,20H,4,8-11H2,1-3H3/t12-,14-,15-,17+/m0/s1. The van der Waals surface area contributed by atoms with Crippen LogP contribution in [0.4, 0.5) is 0 Å². The van der Waals surface area contributed by atoms with Gasteiger partial charge in [0.2, 0.25) is 0 Å². The minimum absolute atomic E-state index is 0.119. The third kappa shape index (κ3) is 2.52. The molecule has 2 saturated heterocycles. The van der Waals surface area contributed by atoms with Crippen LogP contribution < -0.4 is 14.8 Å². The Morgan fingerprint density at radius 2 is 2.22 bits per heavy atom. The van der Waals surface area contributed by atoms with Gasteiger partial charge in [0.05, 0.1) is 18.8 Å². The molecular weight excluding hydrogens is 290 g/mol. The fourth-order valence-electron chi connectivity index (χ4n) is 4.46. The number of hydrogen-bond donors (Lipinski definition) is 1. The lowest BCUT2D eigenvalue weighted by molar-refractivity contribution is -0.178. The second-order valence-corrected chi connectivity index (χ2v) is 7.50. The maximum absolute atomic E-state index is 6.61. The third-order valence-corrected chi connectivity index (χ3v) is 5.66. The largest absolute Gasteiger partial charge is 0.490 e. The van der Waals surface area contributed by atoms with Gasteiger partial charge in [0.15, 0.2) is 11.5 Å². The minimum Gasteiger partial charge on any atom is -0.490 e. The molecule has 126 valence electrons. The number of piperidine rings is 1. The Morgan fingerprint density at radius 1 is 1.35 bits per heavy atom. The molecule has 0 aromatic heterocycles. The van der Waals surface area contributed by atoms with E-state index in [2.05, 4.69) is 31.3 Å². The first-order chi connectivity index (χ1) is 11.1. The molecule has 0 aliphatic carbocycles. The van der Waals surface area contributed by atoms with Gasteiger partial charge in [-0.2, -0.15) is 0 Å². The Morgan fingerprint density at radius 3 is 3.04 bits per heavy atom. The number of hydrogen-bond acceptors (Lipinski definition) is 4. The highest BCUT2D eigenvalue weighted by Crippen LogP contribution is 2.54. The van der Waals surface area contributed by atoms with Gasteiger partial charge in [-0.15, -0.1) is 0 Å². The van der Waals surface area contributed by atoms with Crippen LogP contribution in [0, 0.1) is 11.8 Å². The fourth-order valence-corrected chi connectivity index (χ4v) is 4.46. The zero-order valence-corrected chi connectivity index (χ0v) is 14.3. The average Bonchev–Trinajstić information content (AvgIpc) is 2.54. The lowest BCUT2D eigenvalue weighted by Crippen LogP contribution is -2.54. The van der Waals surface area contributed by atoms with Crippen LogP contribution in [0.25, 0.3) is 0 Å². The van der Waals surface area contributed by atoms with Gasteiger partial charge >= 0.3 is 0 Å². The highest BCUT2D eigenvalue weighted by molar-refractivity contribution is 5.50. The molecule has 3 heterocycles. The highest BCUT2D eigenvalue weighted by atomic mass is 16.5. The van der Waals surface area contributed by atoms with Gasteiger partial charge < -0.3 is 19.5 Å². The van der Waals surface area contributed by atoms with E-state index in [1.807, 2.05) is 13.0 Å². The first-order valence-corrected chi connectivity index (χ1v) is 8.91.